The van der Waals surface area contributed by atoms with Crippen molar-refractivity contribution < 1.29 is 39.8 Å². The van der Waals surface area contributed by atoms with Crippen LogP contribution >= 0.6 is 0 Å². The highest BCUT2D eigenvalue weighted by molar-refractivity contribution is 6.05. The van der Waals surface area contributed by atoms with Crippen molar-refractivity contribution in [2.24, 2.45) is 23.7 Å². The maximum absolute atomic E-state index is 13.6. The number of aliphatic hydroxyl groups is 5. The van der Waals surface area contributed by atoms with Crippen LogP contribution in [0.1, 0.15) is 47.1 Å². The maximum atomic E-state index is 13.6. The van der Waals surface area contributed by atoms with Crippen LogP contribution in [0.5, 0.6) is 0 Å². The lowest BCUT2D eigenvalue weighted by molar-refractivity contribution is -0.311. The average molecular weight is 529 g/mol. The van der Waals surface area contributed by atoms with Gasteiger partial charge >= 0.3 is 0 Å². The van der Waals surface area contributed by atoms with E-state index in [1.807, 2.05) is 51.1 Å². The van der Waals surface area contributed by atoms with Gasteiger partial charge in [0.2, 0.25) is 0 Å². The van der Waals surface area contributed by atoms with Gasteiger partial charge in [0.25, 0.3) is 0 Å². The van der Waals surface area contributed by atoms with E-state index in [9.17, 15) is 30.3 Å². The first kappa shape index (κ1) is 27.6. The molecule has 4 aliphatic rings. The molecule has 1 unspecified atom stereocenters. The zero-order valence-electron chi connectivity index (χ0n) is 22.9. The fraction of sp³-hybridized carbons (Fsp3) is 0.633. The van der Waals surface area contributed by atoms with Gasteiger partial charge in [-0.3, -0.25) is 4.79 Å². The highest BCUT2D eigenvalue weighted by Crippen LogP contribution is 2.68. The van der Waals surface area contributed by atoms with E-state index in [0.29, 0.717) is 5.57 Å². The highest BCUT2D eigenvalue weighted by atomic mass is 16.6. The normalized spacial score (nSPS) is 47.9. The van der Waals surface area contributed by atoms with Crippen molar-refractivity contribution in [2.45, 2.75) is 87.9 Å². The van der Waals surface area contributed by atoms with E-state index in [-0.39, 0.29) is 5.57 Å². The minimum absolute atomic E-state index is 0.248. The molecule has 11 atom stereocenters. The van der Waals surface area contributed by atoms with Gasteiger partial charge in [-0.05, 0) is 56.2 Å². The summed E-state index contributed by atoms with van der Waals surface area (Å²) in [5.74, 6) is -4.04. The molecule has 5 N–H and O–H groups in total. The summed E-state index contributed by atoms with van der Waals surface area (Å²) in [6.45, 7) is 13.9. The van der Waals surface area contributed by atoms with Gasteiger partial charge in [0, 0.05) is 11.8 Å². The maximum Gasteiger partial charge on any atom is 0.193 e. The van der Waals surface area contributed by atoms with Crippen LogP contribution in [0.3, 0.4) is 0 Å². The third kappa shape index (κ3) is 3.08. The molecule has 3 aliphatic carbocycles. The Balaban J connectivity index is 1.83. The standard InChI is InChI=1S/C30H40O8/c1-15(2)28(35)17(4)18(5)30(38-26(6,7)19-11-9-8-10-12-19)20-13-16(3)22(32)29(20,36)25(34)27(14-31)24(37-27)21(30)23(28)33/h8-13,17-18,20-21,23-25,31,33-36H,1,14H2,2-7H3/t17-,18-,20?,21-,23-,24+,25-,27+,28+,29-,30+/m1/s1. The molecule has 38 heavy (non-hydrogen) atoms. The van der Waals surface area contributed by atoms with Gasteiger partial charge in [0.1, 0.15) is 23.4 Å². The number of ketones is 1. The fourth-order valence-corrected chi connectivity index (χ4v) is 8.03. The summed E-state index contributed by atoms with van der Waals surface area (Å²) in [6.07, 6.45) is -2.69. The number of rotatable bonds is 5. The van der Waals surface area contributed by atoms with Crippen LogP contribution in [0.2, 0.25) is 0 Å². The molecule has 0 radical (unpaired) electrons. The quantitative estimate of drug-likeness (QED) is 0.287. The fourth-order valence-electron chi connectivity index (χ4n) is 8.03. The van der Waals surface area contributed by atoms with Gasteiger partial charge in [0.15, 0.2) is 11.4 Å². The van der Waals surface area contributed by atoms with Gasteiger partial charge in [-0.2, -0.15) is 0 Å². The van der Waals surface area contributed by atoms with Crippen molar-refractivity contribution in [1.82, 2.24) is 0 Å². The van der Waals surface area contributed by atoms with Gasteiger partial charge in [-0.15, -0.1) is 0 Å². The number of carbonyl (C=O) groups excluding carboxylic acids is 1. The van der Waals surface area contributed by atoms with Gasteiger partial charge in [0.05, 0.1) is 23.9 Å². The molecule has 0 bridgehead atoms. The number of aliphatic hydroxyl groups excluding tert-OH is 3. The number of carbonyl (C=O) groups is 1. The lowest BCUT2D eigenvalue weighted by atomic mass is 9.50. The Hall–Kier alpha value is -1.91. The average Bonchev–Trinajstić information content (AvgIpc) is 3.57. The zero-order chi connectivity index (χ0) is 28.2. The Labute approximate surface area is 223 Å². The molecule has 1 aromatic rings. The van der Waals surface area contributed by atoms with Crippen molar-refractivity contribution in [2.75, 3.05) is 6.61 Å². The first-order valence-electron chi connectivity index (χ1n) is 13.3. The van der Waals surface area contributed by atoms with Crippen LogP contribution in [0.25, 0.3) is 0 Å². The Morgan fingerprint density at radius 2 is 1.74 bits per heavy atom. The predicted octanol–water partition coefficient (Wildman–Crippen LogP) is 1.63. The summed E-state index contributed by atoms with van der Waals surface area (Å²) < 4.78 is 13.1. The van der Waals surface area contributed by atoms with E-state index in [0.717, 1.165) is 5.56 Å². The molecule has 0 spiro atoms. The minimum Gasteiger partial charge on any atom is -0.393 e. The molecule has 1 heterocycles. The van der Waals surface area contributed by atoms with Crippen molar-refractivity contribution in [3.63, 3.8) is 0 Å². The molecule has 1 aromatic carbocycles. The second-order valence-corrected chi connectivity index (χ2v) is 12.5. The Morgan fingerprint density at radius 3 is 2.29 bits per heavy atom. The van der Waals surface area contributed by atoms with E-state index in [1.54, 1.807) is 26.8 Å². The van der Waals surface area contributed by atoms with Gasteiger partial charge in [-0.25, -0.2) is 0 Å². The molecule has 8 nitrogen and oxygen atoms in total. The van der Waals surface area contributed by atoms with Crippen LogP contribution in [0.4, 0.5) is 0 Å². The van der Waals surface area contributed by atoms with Crippen LogP contribution in [-0.2, 0) is 19.9 Å². The first-order chi connectivity index (χ1) is 17.6. The lowest BCUT2D eigenvalue weighted by Crippen LogP contribution is -2.74. The van der Waals surface area contributed by atoms with E-state index in [4.69, 9.17) is 9.47 Å². The van der Waals surface area contributed by atoms with Crippen LogP contribution < -0.4 is 0 Å². The molecule has 5 rings (SSSR count). The van der Waals surface area contributed by atoms with E-state index >= 15 is 0 Å². The molecular weight excluding hydrogens is 488 g/mol. The molecule has 0 aromatic heterocycles. The summed E-state index contributed by atoms with van der Waals surface area (Å²) in [7, 11) is 0. The van der Waals surface area contributed by atoms with E-state index < -0.39 is 82.4 Å². The van der Waals surface area contributed by atoms with Crippen molar-refractivity contribution in [1.29, 1.82) is 0 Å². The zero-order valence-corrected chi connectivity index (χ0v) is 22.9. The Morgan fingerprint density at radius 1 is 1.13 bits per heavy atom. The van der Waals surface area contributed by atoms with Crippen LogP contribution in [-0.4, -0.2) is 78.6 Å². The number of ether oxygens (including phenoxy) is 2. The third-order valence-electron chi connectivity index (χ3n) is 10.4. The SMILES string of the molecule is C=C(C)[C@]1(O)[C@H](C)[C@@H](C)[C@]2(OC(C)(C)c3ccccc3)C3C=C(C)C(=O)[C@@]3(O)[C@H](O)[C@@]3(CO)O[C@H]3[C@H]2[C@H]1O. The largest absolute Gasteiger partial charge is 0.393 e. The topological polar surface area (TPSA) is 140 Å². The third-order valence-corrected chi connectivity index (χ3v) is 10.4. The summed E-state index contributed by atoms with van der Waals surface area (Å²) in [5, 5.41) is 58.3. The number of epoxide rings is 1. The smallest absolute Gasteiger partial charge is 0.193 e. The molecule has 1 aliphatic heterocycles. The molecular formula is C30H40O8. The van der Waals surface area contributed by atoms with E-state index in [2.05, 4.69) is 6.58 Å². The summed E-state index contributed by atoms with van der Waals surface area (Å²) >= 11 is 0. The van der Waals surface area contributed by atoms with Crippen molar-refractivity contribution in [3.8, 4) is 0 Å². The molecule has 2 saturated carbocycles. The molecule has 1 saturated heterocycles. The lowest BCUT2D eigenvalue weighted by Gasteiger charge is -2.63. The van der Waals surface area contributed by atoms with Crippen molar-refractivity contribution >= 4 is 5.78 Å². The first-order valence-corrected chi connectivity index (χ1v) is 13.3. The minimum atomic E-state index is -2.38. The predicted molar refractivity (Wildman–Crippen MR) is 139 cm³/mol. The number of hydrogen-bond acceptors (Lipinski definition) is 8. The monoisotopic (exact) mass is 528 g/mol. The van der Waals surface area contributed by atoms with Crippen LogP contribution in [0, 0.1) is 23.7 Å². The number of Topliss-reactive ketones (excluding diaryl/α,β-unsaturated/α-hetero) is 1. The van der Waals surface area contributed by atoms with Gasteiger partial charge < -0.3 is 35.0 Å². The summed E-state index contributed by atoms with van der Waals surface area (Å²) in [4.78, 5) is 13.6. The highest BCUT2D eigenvalue weighted by Gasteiger charge is 2.84. The molecule has 3 fully saturated rings. The summed E-state index contributed by atoms with van der Waals surface area (Å²) in [6, 6.07) is 9.47. The molecule has 0 amide bonds. The van der Waals surface area contributed by atoms with E-state index in [1.165, 1.54) is 0 Å². The van der Waals surface area contributed by atoms with Crippen LogP contribution in [0.15, 0.2) is 54.1 Å². The second kappa shape index (κ2) is 8.30. The summed E-state index contributed by atoms with van der Waals surface area (Å²) in [5.41, 5.74) is -6.93. The van der Waals surface area contributed by atoms with Gasteiger partial charge in [-0.1, -0.05) is 56.8 Å². The number of fused-ring (bicyclic) bond motifs is 5. The molecule has 8 heteroatoms. The van der Waals surface area contributed by atoms with Crippen molar-refractivity contribution in [3.05, 3.63) is 59.7 Å². The number of benzene rings is 1. The Kier molecular flexibility index (Phi) is 6.04. The second-order valence-electron chi connectivity index (χ2n) is 12.5. The number of hydrogen-bond donors (Lipinski definition) is 5. The Bertz CT molecular complexity index is 1190. The molecule has 208 valence electrons.